The van der Waals surface area contributed by atoms with Gasteiger partial charge in [0, 0.05) is 38.0 Å². The van der Waals surface area contributed by atoms with Crippen molar-refractivity contribution >= 4 is 44.5 Å². The molecule has 0 radical (unpaired) electrons. The normalized spacial score (nSPS) is 11.5. The standard InChI is InChI=1S/C28H39N7O5S/c1-5-40-27(37)19-31-26(36)7-6-14-34-24-13-12-22(35(41(4,38)39)16-15-33(2)3)18-23(24)32-25(34)17-20-8-10-21(11-9-20)28(29)30/h8-13,18H,5-7,14-17,19H2,1-4H3,(H3,29,30)(H,31,36). The van der Waals surface area contributed by atoms with Gasteiger partial charge in [-0.25, -0.2) is 13.4 Å². The zero-order valence-electron chi connectivity index (χ0n) is 24.0. The lowest BCUT2D eigenvalue weighted by atomic mass is 10.1. The van der Waals surface area contributed by atoms with Gasteiger partial charge in [-0.1, -0.05) is 24.3 Å². The number of likely N-dealkylation sites (N-methyl/N-ethyl adjacent to an activating group) is 1. The number of nitrogens with two attached hydrogens (primary N) is 1. The number of benzene rings is 2. The first kappa shape index (κ1) is 31.6. The van der Waals surface area contributed by atoms with Gasteiger partial charge in [-0.3, -0.25) is 19.3 Å². The van der Waals surface area contributed by atoms with Crippen molar-refractivity contribution in [1.29, 1.82) is 5.41 Å². The van der Waals surface area contributed by atoms with Gasteiger partial charge in [0.05, 0.1) is 29.6 Å². The molecule has 0 unspecified atom stereocenters. The van der Waals surface area contributed by atoms with Crippen LogP contribution in [-0.4, -0.2) is 87.2 Å². The summed E-state index contributed by atoms with van der Waals surface area (Å²) in [5, 5.41) is 10.2. The zero-order valence-corrected chi connectivity index (χ0v) is 24.8. The Morgan fingerprint density at radius 3 is 2.44 bits per heavy atom. The number of imidazole rings is 1. The molecule has 0 saturated carbocycles. The van der Waals surface area contributed by atoms with Crippen molar-refractivity contribution < 1.29 is 22.7 Å². The van der Waals surface area contributed by atoms with Gasteiger partial charge in [0.15, 0.2) is 0 Å². The number of fused-ring (bicyclic) bond motifs is 1. The van der Waals surface area contributed by atoms with Crippen molar-refractivity contribution in [1.82, 2.24) is 19.8 Å². The number of ether oxygens (including phenoxy) is 1. The number of nitrogens with one attached hydrogen (secondary N) is 2. The summed E-state index contributed by atoms with van der Waals surface area (Å²) in [6, 6.07) is 12.7. The maximum atomic E-state index is 12.6. The third-order valence-corrected chi connectivity index (χ3v) is 7.59. The smallest absolute Gasteiger partial charge is 0.325 e. The number of hydrogen-bond acceptors (Lipinski definition) is 8. The van der Waals surface area contributed by atoms with Gasteiger partial charge in [0.2, 0.25) is 15.9 Å². The summed E-state index contributed by atoms with van der Waals surface area (Å²) in [6.45, 7) is 3.13. The number of aromatic nitrogens is 2. The third kappa shape index (κ3) is 9.02. The predicted molar refractivity (Wildman–Crippen MR) is 160 cm³/mol. The van der Waals surface area contributed by atoms with Crippen molar-refractivity contribution in [2.75, 3.05) is 50.9 Å². The van der Waals surface area contributed by atoms with Gasteiger partial charge in [-0.15, -0.1) is 0 Å². The number of nitrogen functional groups attached to an aromatic ring is 1. The Morgan fingerprint density at radius 1 is 1.12 bits per heavy atom. The highest BCUT2D eigenvalue weighted by molar-refractivity contribution is 7.92. The maximum absolute atomic E-state index is 12.6. The van der Waals surface area contributed by atoms with Gasteiger partial charge in [-0.2, -0.15) is 0 Å². The average Bonchev–Trinajstić information content (AvgIpc) is 3.23. The molecular weight excluding hydrogens is 546 g/mol. The number of carbonyl (C=O) groups is 2. The minimum atomic E-state index is -3.52. The first-order valence-electron chi connectivity index (χ1n) is 13.4. The highest BCUT2D eigenvalue weighted by Gasteiger charge is 2.20. The van der Waals surface area contributed by atoms with Crippen LogP contribution in [-0.2, 0) is 37.3 Å². The lowest BCUT2D eigenvalue weighted by Crippen LogP contribution is -2.36. The molecule has 0 saturated heterocycles. The summed E-state index contributed by atoms with van der Waals surface area (Å²) in [6.07, 6.45) is 2.37. The van der Waals surface area contributed by atoms with Crippen LogP contribution in [0.5, 0.6) is 0 Å². The molecule has 1 heterocycles. The van der Waals surface area contributed by atoms with Crippen molar-refractivity contribution in [3.8, 4) is 0 Å². The Kier molecular flexibility index (Phi) is 10.8. The van der Waals surface area contributed by atoms with Crippen molar-refractivity contribution in [2.24, 2.45) is 5.73 Å². The SMILES string of the molecule is CCOC(=O)CNC(=O)CCCn1c(Cc2ccc(C(=N)N)cc2)nc2cc(N(CCN(C)C)S(C)(=O)=O)ccc21. The Hall–Kier alpha value is -3.97. The molecule has 3 aromatic rings. The number of carbonyl (C=O) groups excluding carboxylic acids is 2. The lowest BCUT2D eigenvalue weighted by Gasteiger charge is -2.24. The van der Waals surface area contributed by atoms with Gasteiger partial charge < -0.3 is 25.3 Å². The fraction of sp³-hybridized carbons (Fsp3) is 0.429. The van der Waals surface area contributed by atoms with E-state index in [2.05, 4.69) is 5.32 Å². The summed E-state index contributed by atoms with van der Waals surface area (Å²) in [7, 11) is 0.256. The number of amidine groups is 1. The predicted octanol–water partition coefficient (Wildman–Crippen LogP) is 1.70. The highest BCUT2D eigenvalue weighted by Crippen LogP contribution is 2.26. The largest absolute Gasteiger partial charge is 0.465 e. The number of anilines is 1. The van der Waals surface area contributed by atoms with Crippen LogP contribution in [0.2, 0.25) is 0 Å². The molecule has 0 aliphatic carbocycles. The summed E-state index contributed by atoms with van der Waals surface area (Å²) in [5.74, 6) is 0.000903. The van der Waals surface area contributed by atoms with Crippen LogP contribution in [0.25, 0.3) is 11.0 Å². The molecule has 1 amide bonds. The van der Waals surface area contributed by atoms with Crippen LogP contribution in [0, 0.1) is 5.41 Å². The van der Waals surface area contributed by atoms with Crippen LogP contribution in [0.4, 0.5) is 5.69 Å². The minimum absolute atomic E-state index is 0.0118. The van der Waals surface area contributed by atoms with Crippen LogP contribution in [0.15, 0.2) is 42.5 Å². The van der Waals surface area contributed by atoms with Crippen LogP contribution >= 0.6 is 0 Å². The number of sulfonamides is 1. The molecule has 12 nitrogen and oxygen atoms in total. The Balaban J connectivity index is 1.89. The molecule has 4 N–H and O–H groups in total. The molecule has 0 spiro atoms. The molecule has 0 aliphatic heterocycles. The minimum Gasteiger partial charge on any atom is -0.465 e. The van der Waals surface area contributed by atoms with Crippen molar-refractivity contribution in [2.45, 2.75) is 32.7 Å². The summed E-state index contributed by atoms with van der Waals surface area (Å²) >= 11 is 0. The zero-order chi connectivity index (χ0) is 30.2. The third-order valence-electron chi connectivity index (χ3n) is 6.40. The van der Waals surface area contributed by atoms with Crippen LogP contribution in [0.3, 0.4) is 0 Å². The number of rotatable bonds is 15. The van der Waals surface area contributed by atoms with Crippen LogP contribution in [0.1, 0.15) is 36.7 Å². The maximum Gasteiger partial charge on any atom is 0.325 e. The molecular formula is C28H39N7O5S. The Bertz CT molecular complexity index is 1480. The van der Waals surface area contributed by atoms with Crippen LogP contribution < -0.4 is 15.4 Å². The summed E-state index contributed by atoms with van der Waals surface area (Å²) in [4.78, 5) is 30.6. The number of nitrogens with zero attached hydrogens (tertiary/aromatic N) is 4. The topological polar surface area (TPSA) is 164 Å². The molecule has 0 aliphatic rings. The van der Waals surface area contributed by atoms with E-state index in [4.69, 9.17) is 20.9 Å². The fourth-order valence-electron chi connectivity index (χ4n) is 4.34. The Morgan fingerprint density at radius 2 is 1.83 bits per heavy atom. The molecule has 2 aromatic carbocycles. The van der Waals surface area contributed by atoms with E-state index in [1.165, 1.54) is 10.6 Å². The first-order valence-corrected chi connectivity index (χ1v) is 15.2. The van der Waals surface area contributed by atoms with Gasteiger partial charge in [-0.05, 0) is 51.2 Å². The molecule has 3 rings (SSSR count). The quantitative estimate of drug-likeness (QED) is 0.138. The van der Waals surface area contributed by atoms with E-state index in [0.29, 0.717) is 49.2 Å². The second-order valence-electron chi connectivity index (χ2n) is 9.96. The second kappa shape index (κ2) is 14.1. The number of aryl methyl sites for hydroxylation is 1. The monoisotopic (exact) mass is 585 g/mol. The van der Waals surface area contributed by atoms with E-state index < -0.39 is 16.0 Å². The molecule has 13 heteroatoms. The highest BCUT2D eigenvalue weighted by atomic mass is 32.2. The molecule has 41 heavy (non-hydrogen) atoms. The van der Waals surface area contributed by atoms with E-state index in [9.17, 15) is 18.0 Å². The van der Waals surface area contributed by atoms with E-state index in [1.54, 1.807) is 31.2 Å². The van der Waals surface area contributed by atoms with Gasteiger partial charge in [0.25, 0.3) is 0 Å². The summed E-state index contributed by atoms with van der Waals surface area (Å²) < 4.78 is 33.4. The summed E-state index contributed by atoms with van der Waals surface area (Å²) in [5.41, 5.74) is 9.16. The first-order chi connectivity index (χ1) is 19.4. The van der Waals surface area contributed by atoms with Crippen molar-refractivity contribution in [3.63, 3.8) is 0 Å². The van der Waals surface area contributed by atoms with E-state index >= 15 is 0 Å². The number of amides is 1. The van der Waals surface area contributed by atoms with Crippen molar-refractivity contribution in [3.05, 3.63) is 59.4 Å². The fourth-order valence-corrected chi connectivity index (χ4v) is 5.25. The molecule has 222 valence electrons. The molecule has 0 fully saturated rings. The van der Waals surface area contributed by atoms with E-state index in [1.807, 2.05) is 41.8 Å². The second-order valence-corrected chi connectivity index (χ2v) is 11.9. The van der Waals surface area contributed by atoms with E-state index in [-0.39, 0.29) is 31.3 Å². The molecule has 0 atom stereocenters. The number of esters is 1. The number of hydrogen-bond donors (Lipinski definition) is 3. The Labute approximate surface area is 241 Å². The molecule has 1 aromatic heterocycles. The lowest BCUT2D eigenvalue weighted by molar-refractivity contribution is -0.143. The van der Waals surface area contributed by atoms with E-state index in [0.717, 1.165) is 16.9 Å². The van der Waals surface area contributed by atoms with Gasteiger partial charge >= 0.3 is 5.97 Å². The van der Waals surface area contributed by atoms with Gasteiger partial charge in [0.1, 0.15) is 18.2 Å². The molecule has 0 bridgehead atoms. The average molecular weight is 586 g/mol.